The molecule has 6 nitrogen and oxygen atoms in total. The Labute approximate surface area is 193 Å². The molecule has 1 aromatic heterocycles. The summed E-state index contributed by atoms with van der Waals surface area (Å²) in [4.78, 5) is 27.9. The van der Waals surface area contributed by atoms with Crippen LogP contribution < -0.4 is 9.64 Å². The number of benzene rings is 2. The van der Waals surface area contributed by atoms with E-state index in [-0.39, 0.29) is 17.4 Å². The molecule has 0 bridgehead atoms. The van der Waals surface area contributed by atoms with Gasteiger partial charge in [-0.15, -0.1) is 0 Å². The lowest BCUT2D eigenvalue weighted by molar-refractivity contribution is -0.132. The van der Waals surface area contributed by atoms with Crippen molar-refractivity contribution in [3.8, 4) is 5.75 Å². The fraction of sp³-hybridized carbons (Fsp3) is 0.259. The molecule has 33 heavy (non-hydrogen) atoms. The SMILES string of the molecule is Cc1ccc(C)c(N2C(=O)C(=O)/C(=C(\O)c3ccc(OC(C)C)c(C)c3)C2c2ccco2)c1. The summed E-state index contributed by atoms with van der Waals surface area (Å²) in [5, 5.41) is 11.3. The van der Waals surface area contributed by atoms with E-state index in [4.69, 9.17) is 9.15 Å². The van der Waals surface area contributed by atoms with Gasteiger partial charge in [0.05, 0.1) is 17.9 Å². The van der Waals surface area contributed by atoms with Crippen LogP contribution in [0.25, 0.3) is 5.76 Å². The molecule has 2 aromatic carbocycles. The van der Waals surface area contributed by atoms with E-state index in [9.17, 15) is 14.7 Å². The number of nitrogens with zero attached hydrogens (tertiary/aromatic N) is 1. The number of Topliss-reactive ketones (excluding diaryl/α,β-unsaturated/α-hetero) is 1. The topological polar surface area (TPSA) is 80.0 Å². The van der Waals surface area contributed by atoms with E-state index in [2.05, 4.69) is 0 Å². The lowest BCUT2D eigenvalue weighted by Crippen LogP contribution is -2.30. The van der Waals surface area contributed by atoms with E-state index in [0.29, 0.717) is 22.8 Å². The molecule has 0 radical (unpaired) electrons. The van der Waals surface area contributed by atoms with Crippen LogP contribution in [0.15, 0.2) is 64.8 Å². The van der Waals surface area contributed by atoms with Crippen molar-refractivity contribution in [1.82, 2.24) is 0 Å². The van der Waals surface area contributed by atoms with Gasteiger partial charge in [0.25, 0.3) is 11.7 Å². The van der Waals surface area contributed by atoms with Crippen LogP contribution in [-0.2, 0) is 9.59 Å². The summed E-state index contributed by atoms with van der Waals surface area (Å²) < 4.78 is 11.4. The van der Waals surface area contributed by atoms with Crippen molar-refractivity contribution in [2.45, 2.75) is 46.8 Å². The van der Waals surface area contributed by atoms with Crippen LogP contribution >= 0.6 is 0 Å². The number of hydrogen-bond acceptors (Lipinski definition) is 5. The van der Waals surface area contributed by atoms with Gasteiger partial charge in [0.15, 0.2) is 0 Å². The summed E-state index contributed by atoms with van der Waals surface area (Å²) >= 11 is 0. The number of ether oxygens (including phenoxy) is 1. The molecule has 170 valence electrons. The van der Waals surface area contributed by atoms with E-state index in [1.165, 1.54) is 11.2 Å². The van der Waals surface area contributed by atoms with Crippen molar-refractivity contribution in [2.75, 3.05) is 4.90 Å². The number of amides is 1. The summed E-state index contributed by atoms with van der Waals surface area (Å²) in [6.45, 7) is 9.54. The zero-order valence-corrected chi connectivity index (χ0v) is 19.4. The number of ketones is 1. The van der Waals surface area contributed by atoms with Gasteiger partial charge in [0.1, 0.15) is 23.3 Å². The first kappa shape index (κ1) is 22.4. The van der Waals surface area contributed by atoms with E-state index in [1.54, 1.807) is 30.3 Å². The Balaban J connectivity index is 1.89. The van der Waals surface area contributed by atoms with E-state index >= 15 is 0 Å². The van der Waals surface area contributed by atoms with Gasteiger partial charge < -0.3 is 14.3 Å². The first-order chi connectivity index (χ1) is 15.7. The second-order valence-corrected chi connectivity index (χ2v) is 8.62. The molecule has 1 fully saturated rings. The number of rotatable bonds is 5. The quantitative estimate of drug-likeness (QED) is 0.313. The monoisotopic (exact) mass is 445 g/mol. The second kappa shape index (κ2) is 8.62. The molecule has 1 saturated heterocycles. The Hall–Kier alpha value is -3.80. The molecule has 1 atom stereocenters. The minimum Gasteiger partial charge on any atom is -0.507 e. The van der Waals surface area contributed by atoms with Gasteiger partial charge >= 0.3 is 0 Å². The predicted octanol–water partition coefficient (Wildman–Crippen LogP) is 5.62. The Morgan fingerprint density at radius 1 is 1.03 bits per heavy atom. The molecular weight excluding hydrogens is 418 g/mol. The number of carbonyl (C=O) groups is 2. The average molecular weight is 446 g/mol. The van der Waals surface area contributed by atoms with Gasteiger partial charge in [-0.25, -0.2) is 0 Å². The van der Waals surface area contributed by atoms with Gasteiger partial charge in [0, 0.05) is 11.3 Å². The average Bonchev–Trinajstić information content (AvgIpc) is 3.38. The smallest absolute Gasteiger partial charge is 0.300 e. The van der Waals surface area contributed by atoms with Crippen LogP contribution in [0.5, 0.6) is 5.75 Å². The van der Waals surface area contributed by atoms with Crippen LogP contribution in [0.4, 0.5) is 5.69 Å². The fourth-order valence-corrected chi connectivity index (χ4v) is 4.11. The maximum atomic E-state index is 13.2. The van der Waals surface area contributed by atoms with Crippen LogP contribution in [0.1, 0.15) is 47.9 Å². The summed E-state index contributed by atoms with van der Waals surface area (Å²) in [5.41, 5.74) is 3.63. The summed E-state index contributed by atoms with van der Waals surface area (Å²) in [7, 11) is 0. The Morgan fingerprint density at radius 2 is 1.79 bits per heavy atom. The number of furan rings is 1. The molecule has 1 aliphatic rings. The zero-order valence-electron chi connectivity index (χ0n) is 19.4. The van der Waals surface area contributed by atoms with Gasteiger partial charge in [-0.3, -0.25) is 14.5 Å². The zero-order chi connectivity index (χ0) is 23.9. The van der Waals surface area contributed by atoms with Crippen LogP contribution in [-0.4, -0.2) is 22.9 Å². The third-order valence-corrected chi connectivity index (χ3v) is 5.69. The summed E-state index contributed by atoms with van der Waals surface area (Å²) in [6.07, 6.45) is 1.49. The standard InChI is InChI=1S/C27H27NO5/c1-15(2)33-21-11-10-19(14-18(21)5)25(29)23-24(22-7-6-12-32-22)28(27(31)26(23)30)20-13-16(3)8-9-17(20)4/h6-15,24,29H,1-5H3/b25-23-. The van der Waals surface area contributed by atoms with Crippen molar-refractivity contribution in [1.29, 1.82) is 0 Å². The first-order valence-corrected chi connectivity index (χ1v) is 10.9. The van der Waals surface area contributed by atoms with Crippen molar-refractivity contribution in [2.24, 2.45) is 0 Å². The largest absolute Gasteiger partial charge is 0.507 e. The van der Waals surface area contributed by atoms with Crippen molar-refractivity contribution in [3.05, 3.63) is 88.4 Å². The maximum Gasteiger partial charge on any atom is 0.300 e. The van der Waals surface area contributed by atoms with Gasteiger partial charge in [-0.05, 0) is 87.7 Å². The molecule has 6 heteroatoms. The molecule has 1 unspecified atom stereocenters. The molecule has 0 saturated carbocycles. The number of aliphatic hydroxyl groups is 1. The van der Waals surface area contributed by atoms with E-state index in [1.807, 2.05) is 52.8 Å². The molecule has 0 aliphatic carbocycles. The molecular formula is C27H27NO5. The number of aliphatic hydroxyl groups excluding tert-OH is 1. The molecule has 1 N–H and O–H groups in total. The highest BCUT2D eigenvalue weighted by atomic mass is 16.5. The summed E-state index contributed by atoms with van der Waals surface area (Å²) in [6, 6.07) is 13.4. The highest BCUT2D eigenvalue weighted by Crippen LogP contribution is 2.43. The molecule has 1 aliphatic heterocycles. The Bertz CT molecular complexity index is 1250. The highest BCUT2D eigenvalue weighted by molar-refractivity contribution is 6.51. The van der Waals surface area contributed by atoms with Crippen LogP contribution in [0, 0.1) is 20.8 Å². The maximum absolute atomic E-state index is 13.2. The third kappa shape index (κ3) is 4.04. The molecule has 1 amide bonds. The van der Waals surface area contributed by atoms with Crippen molar-refractivity contribution < 1.29 is 23.8 Å². The van der Waals surface area contributed by atoms with Gasteiger partial charge in [0.2, 0.25) is 0 Å². The number of hydrogen-bond donors (Lipinski definition) is 1. The molecule has 3 aromatic rings. The highest BCUT2D eigenvalue weighted by Gasteiger charge is 2.48. The molecule has 0 spiro atoms. The van der Waals surface area contributed by atoms with Gasteiger partial charge in [-0.1, -0.05) is 12.1 Å². The van der Waals surface area contributed by atoms with Crippen LogP contribution in [0.2, 0.25) is 0 Å². The molecule has 4 rings (SSSR count). The van der Waals surface area contributed by atoms with E-state index < -0.39 is 17.7 Å². The Kier molecular flexibility index (Phi) is 5.85. The Morgan fingerprint density at radius 3 is 2.42 bits per heavy atom. The second-order valence-electron chi connectivity index (χ2n) is 8.62. The first-order valence-electron chi connectivity index (χ1n) is 10.9. The number of carbonyl (C=O) groups excluding carboxylic acids is 2. The lowest BCUT2D eigenvalue weighted by Gasteiger charge is -2.25. The number of anilines is 1. The lowest BCUT2D eigenvalue weighted by atomic mass is 9.98. The number of aryl methyl sites for hydroxylation is 3. The minimum atomic E-state index is -0.882. The predicted molar refractivity (Wildman–Crippen MR) is 126 cm³/mol. The van der Waals surface area contributed by atoms with Gasteiger partial charge in [-0.2, -0.15) is 0 Å². The summed E-state index contributed by atoms with van der Waals surface area (Å²) in [5.74, 6) is -0.618. The van der Waals surface area contributed by atoms with E-state index in [0.717, 1.165) is 16.7 Å². The molecule has 2 heterocycles. The fourth-order valence-electron chi connectivity index (χ4n) is 4.11. The normalized spacial score (nSPS) is 17.8. The van der Waals surface area contributed by atoms with Crippen molar-refractivity contribution >= 4 is 23.1 Å². The third-order valence-electron chi connectivity index (χ3n) is 5.69. The van der Waals surface area contributed by atoms with Crippen molar-refractivity contribution in [3.63, 3.8) is 0 Å². The minimum absolute atomic E-state index is 0.00462. The van der Waals surface area contributed by atoms with Crippen LogP contribution in [0.3, 0.4) is 0 Å².